The number of nitrogens with two attached hydrogens (primary N) is 1. The van der Waals surface area contributed by atoms with E-state index in [1.807, 2.05) is 25.1 Å². The van der Waals surface area contributed by atoms with E-state index >= 15 is 0 Å². The van der Waals surface area contributed by atoms with E-state index in [0.717, 1.165) is 23.3 Å². The van der Waals surface area contributed by atoms with Gasteiger partial charge in [-0.2, -0.15) is 0 Å². The number of aryl methyl sites for hydroxylation is 1. The molecule has 104 valence electrons. The molecule has 2 unspecified atom stereocenters. The number of para-hydroxylation sites is 1. The zero-order valence-electron chi connectivity index (χ0n) is 11.3. The van der Waals surface area contributed by atoms with Gasteiger partial charge in [0.25, 0.3) is 0 Å². The molecule has 1 aliphatic rings. The fraction of sp³-hybridized carbons (Fsp3) is 0.250. The molecule has 0 amide bonds. The van der Waals surface area contributed by atoms with Crippen molar-refractivity contribution in [1.29, 1.82) is 0 Å². The summed E-state index contributed by atoms with van der Waals surface area (Å²) in [7, 11) is 0. The van der Waals surface area contributed by atoms with Crippen molar-refractivity contribution in [3.8, 4) is 5.75 Å². The van der Waals surface area contributed by atoms with Gasteiger partial charge >= 0.3 is 0 Å². The Bertz CT molecular complexity index is 605. The highest BCUT2D eigenvalue weighted by atomic mass is 19.1. The molecule has 0 aliphatic carbocycles. The zero-order valence-corrected chi connectivity index (χ0v) is 11.3. The Kier molecular flexibility index (Phi) is 3.42. The molecular weight excluding hydrogens is 255 g/mol. The number of hydrogen-bond donors (Lipinski definition) is 2. The van der Waals surface area contributed by atoms with Crippen molar-refractivity contribution in [2.75, 3.05) is 0 Å². The monoisotopic (exact) mass is 272 g/mol. The van der Waals surface area contributed by atoms with Crippen LogP contribution in [0.15, 0.2) is 42.5 Å². The number of rotatable bonds is 3. The second-order valence-electron chi connectivity index (χ2n) is 5.11. The maximum Gasteiger partial charge on any atom is 0.124 e. The lowest BCUT2D eigenvalue weighted by Crippen LogP contribution is -2.39. The molecular formula is C16H17FN2O. The molecule has 2 aromatic rings. The fourth-order valence-corrected chi connectivity index (χ4v) is 2.78. The third kappa shape index (κ3) is 2.28. The highest BCUT2D eigenvalue weighted by molar-refractivity contribution is 5.39. The van der Waals surface area contributed by atoms with Gasteiger partial charge in [-0.15, -0.1) is 0 Å². The molecule has 0 spiro atoms. The molecule has 2 aromatic carbocycles. The minimum atomic E-state index is -0.238. The van der Waals surface area contributed by atoms with Crippen LogP contribution in [-0.4, -0.2) is 6.10 Å². The summed E-state index contributed by atoms with van der Waals surface area (Å²) in [6, 6.07) is 12.5. The number of benzene rings is 2. The van der Waals surface area contributed by atoms with Crippen LogP contribution >= 0.6 is 0 Å². The van der Waals surface area contributed by atoms with Gasteiger partial charge in [-0.05, 0) is 41.8 Å². The summed E-state index contributed by atoms with van der Waals surface area (Å²) < 4.78 is 19.2. The summed E-state index contributed by atoms with van der Waals surface area (Å²) in [4.78, 5) is 0. The summed E-state index contributed by atoms with van der Waals surface area (Å²) in [5.41, 5.74) is 5.82. The van der Waals surface area contributed by atoms with E-state index in [2.05, 4.69) is 11.5 Å². The number of ether oxygens (including phenoxy) is 1. The van der Waals surface area contributed by atoms with Crippen LogP contribution in [0.2, 0.25) is 0 Å². The van der Waals surface area contributed by atoms with E-state index in [4.69, 9.17) is 10.6 Å². The Morgan fingerprint density at radius 1 is 1.30 bits per heavy atom. The SMILES string of the molecule is Cc1cc(F)ccc1C(NN)C1Cc2ccccc2O1. The van der Waals surface area contributed by atoms with Crippen LogP contribution in [0.5, 0.6) is 5.75 Å². The van der Waals surface area contributed by atoms with Gasteiger partial charge in [0.15, 0.2) is 0 Å². The summed E-state index contributed by atoms with van der Waals surface area (Å²) in [5.74, 6) is 6.36. The lowest BCUT2D eigenvalue weighted by Gasteiger charge is -2.24. The van der Waals surface area contributed by atoms with Crippen molar-refractivity contribution in [1.82, 2.24) is 5.43 Å². The Labute approximate surface area is 117 Å². The first kappa shape index (κ1) is 13.1. The molecule has 3 rings (SSSR count). The lowest BCUT2D eigenvalue weighted by molar-refractivity contribution is 0.178. The molecule has 4 heteroatoms. The number of halogens is 1. The summed E-state index contributed by atoms with van der Waals surface area (Å²) in [6.07, 6.45) is 0.712. The average Bonchev–Trinajstić information content (AvgIpc) is 2.85. The average molecular weight is 272 g/mol. The Morgan fingerprint density at radius 2 is 2.10 bits per heavy atom. The third-order valence-electron chi connectivity index (χ3n) is 3.79. The molecule has 0 bridgehead atoms. The highest BCUT2D eigenvalue weighted by Crippen LogP contribution is 2.34. The summed E-state index contributed by atoms with van der Waals surface area (Å²) in [6.45, 7) is 1.88. The highest BCUT2D eigenvalue weighted by Gasteiger charge is 2.31. The number of hydrogen-bond acceptors (Lipinski definition) is 3. The van der Waals surface area contributed by atoms with Crippen LogP contribution in [0.3, 0.4) is 0 Å². The summed E-state index contributed by atoms with van der Waals surface area (Å²) >= 11 is 0. The first-order chi connectivity index (χ1) is 9.69. The van der Waals surface area contributed by atoms with Crippen LogP contribution < -0.4 is 16.0 Å². The second-order valence-corrected chi connectivity index (χ2v) is 5.11. The van der Waals surface area contributed by atoms with Crippen LogP contribution in [0.1, 0.15) is 22.7 Å². The molecule has 1 heterocycles. The molecule has 2 atom stereocenters. The van der Waals surface area contributed by atoms with Gasteiger partial charge in [0, 0.05) is 6.42 Å². The molecule has 0 saturated heterocycles. The van der Waals surface area contributed by atoms with Gasteiger partial charge in [-0.25, -0.2) is 9.82 Å². The van der Waals surface area contributed by atoms with E-state index in [1.54, 1.807) is 6.07 Å². The van der Waals surface area contributed by atoms with Crippen molar-refractivity contribution in [2.24, 2.45) is 5.84 Å². The number of nitrogens with one attached hydrogen (secondary N) is 1. The smallest absolute Gasteiger partial charge is 0.124 e. The van der Waals surface area contributed by atoms with Crippen LogP contribution in [0.4, 0.5) is 4.39 Å². The Morgan fingerprint density at radius 3 is 2.80 bits per heavy atom. The molecule has 20 heavy (non-hydrogen) atoms. The fourth-order valence-electron chi connectivity index (χ4n) is 2.78. The van der Waals surface area contributed by atoms with Gasteiger partial charge in [0.1, 0.15) is 17.7 Å². The third-order valence-corrected chi connectivity index (χ3v) is 3.79. The first-order valence-corrected chi connectivity index (χ1v) is 6.66. The van der Waals surface area contributed by atoms with Gasteiger partial charge in [0.2, 0.25) is 0 Å². The van der Waals surface area contributed by atoms with Crippen molar-refractivity contribution in [2.45, 2.75) is 25.5 Å². The van der Waals surface area contributed by atoms with Crippen molar-refractivity contribution < 1.29 is 9.13 Å². The van der Waals surface area contributed by atoms with Crippen LogP contribution in [0.25, 0.3) is 0 Å². The molecule has 0 aromatic heterocycles. The number of fused-ring (bicyclic) bond motifs is 1. The topological polar surface area (TPSA) is 47.3 Å². The van der Waals surface area contributed by atoms with E-state index in [9.17, 15) is 4.39 Å². The van der Waals surface area contributed by atoms with E-state index in [0.29, 0.717) is 0 Å². The predicted molar refractivity (Wildman–Crippen MR) is 75.8 cm³/mol. The van der Waals surface area contributed by atoms with E-state index in [-0.39, 0.29) is 18.0 Å². The van der Waals surface area contributed by atoms with Gasteiger partial charge in [-0.3, -0.25) is 5.84 Å². The quantitative estimate of drug-likeness (QED) is 0.667. The standard InChI is InChI=1S/C16H17FN2O/c1-10-8-12(17)6-7-13(10)16(19-18)15-9-11-4-2-3-5-14(11)20-15/h2-8,15-16,19H,9,18H2,1H3. The van der Waals surface area contributed by atoms with E-state index in [1.165, 1.54) is 17.7 Å². The predicted octanol–water partition coefficient (Wildman–Crippen LogP) is 2.64. The first-order valence-electron chi connectivity index (χ1n) is 6.66. The van der Waals surface area contributed by atoms with Gasteiger partial charge < -0.3 is 4.74 Å². The maximum atomic E-state index is 13.2. The Balaban J connectivity index is 1.89. The van der Waals surface area contributed by atoms with E-state index < -0.39 is 0 Å². The minimum Gasteiger partial charge on any atom is -0.488 e. The van der Waals surface area contributed by atoms with Crippen LogP contribution in [-0.2, 0) is 6.42 Å². The van der Waals surface area contributed by atoms with Crippen molar-refractivity contribution in [3.05, 3.63) is 65.0 Å². The lowest BCUT2D eigenvalue weighted by atomic mass is 9.95. The van der Waals surface area contributed by atoms with Crippen molar-refractivity contribution in [3.63, 3.8) is 0 Å². The largest absolute Gasteiger partial charge is 0.488 e. The molecule has 0 radical (unpaired) electrons. The Hall–Kier alpha value is -1.91. The molecule has 3 nitrogen and oxygen atoms in total. The summed E-state index contributed by atoms with van der Waals surface area (Å²) in [5, 5.41) is 0. The normalized spacial score (nSPS) is 18.4. The molecule has 0 saturated carbocycles. The zero-order chi connectivity index (χ0) is 14.1. The van der Waals surface area contributed by atoms with Crippen molar-refractivity contribution >= 4 is 0 Å². The maximum absolute atomic E-state index is 13.2. The number of hydrazine groups is 1. The molecule has 0 fully saturated rings. The van der Waals surface area contributed by atoms with Gasteiger partial charge in [-0.1, -0.05) is 24.3 Å². The molecule has 3 N–H and O–H groups in total. The van der Waals surface area contributed by atoms with Gasteiger partial charge in [0.05, 0.1) is 6.04 Å². The van der Waals surface area contributed by atoms with Crippen LogP contribution in [0, 0.1) is 12.7 Å². The second kappa shape index (κ2) is 5.23. The minimum absolute atomic E-state index is 0.0819. The molecule has 1 aliphatic heterocycles.